The number of carboxylic acids is 2. The Kier molecular flexibility index (Phi) is 8.56. The number of hydrogen-bond acceptors (Lipinski definition) is 13. The summed E-state index contributed by atoms with van der Waals surface area (Å²) in [5.41, 5.74) is 11.0. The van der Waals surface area contributed by atoms with Crippen LogP contribution in [0.5, 0.6) is 0 Å². The second-order valence-corrected chi connectivity index (χ2v) is 14.3. The molecule has 0 bridgehead atoms. The van der Waals surface area contributed by atoms with E-state index >= 15 is 0 Å². The minimum atomic E-state index is -1.75. The first-order chi connectivity index (χ1) is 22.7. The molecule has 20 heteroatoms. The molecule has 0 unspecified atom stereocenters. The van der Waals surface area contributed by atoms with Gasteiger partial charge in [0.05, 0.1) is 30.1 Å². The third-order valence-corrected chi connectivity index (χ3v) is 10.7. The average molecular weight is 714 g/mol. The zero-order chi connectivity index (χ0) is 34.5. The Morgan fingerprint density at radius 3 is 2.58 bits per heavy atom. The maximum absolute atomic E-state index is 13.5. The molecule has 1 fully saturated rings. The van der Waals surface area contributed by atoms with Crippen LogP contribution in [0, 0.1) is 11.3 Å². The quantitative estimate of drug-likeness (QED) is 0.0428. The molecule has 2 aliphatic rings. The summed E-state index contributed by atoms with van der Waals surface area (Å²) < 4.78 is 5.66. The van der Waals surface area contributed by atoms with Crippen LogP contribution in [0.3, 0.4) is 0 Å². The average Bonchev–Trinajstić information content (AvgIpc) is 3.83. The van der Waals surface area contributed by atoms with Gasteiger partial charge in [0.2, 0.25) is 11.5 Å². The molecule has 4 aromatic rings. The van der Waals surface area contributed by atoms with Crippen LogP contribution in [0.1, 0.15) is 36.7 Å². The zero-order valence-electron chi connectivity index (χ0n) is 25.4. The number of nitrogens with one attached hydrogen (secondary N) is 1. The second kappa shape index (κ2) is 12.5. The molecular formula is C28H29N10O7S3+. The Bertz CT molecular complexity index is 2060. The number of nitrogens with zero attached hydrogens (tertiary/aromatic N) is 7. The van der Waals surface area contributed by atoms with Crippen molar-refractivity contribution in [1.29, 1.82) is 5.41 Å². The van der Waals surface area contributed by atoms with Crippen molar-refractivity contribution in [2.75, 3.05) is 11.5 Å². The Morgan fingerprint density at radius 2 is 1.94 bits per heavy atom. The number of rotatable bonds is 13. The minimum absolute atomic E-state index is 0.0776. The SMILES string of the molecule is CC(C)(O/N=C(\C(=O)C[C@@H]1C(=O)N2C(C(=O)O)=C(Cn3ccc4n3cc[n+]4Cc3nc(C(=N)N)cs3)CS[C@H]12)c1csc(N)n1)C(=O)O. The van der Waals surface area contributed by atoms with E-state index in [1.54, 1.807) is 5.38 Å². The van der Waals surface area contributed by atoms with Gasteiger partial charge in [0.15, 0.2) is 22.8 Å². The molecule has 0 radical (unpaired) electrons. The summed E-state index contributed by atoms with van der Waals surface area (Å²) in [7, 11) is 0. The van der Waals surface area contributed by atoms with Crippen molar-refractivity contribution < 1.29 is 38.8 Å². The van der Waals surface area contributed by atoms with Crippen molar-refractivity contribution in [3.05, 3.63) is 63.1 Å². The predicted molar refractivity (Wildman–Crippen MR) is 175 cm³/mol. The van der Waals surface area contributed by atoms with Gasteiger partial charge in [-0.15, -0.1) is 39.0 Å². The molecule has 6 rings (SSSR count). The number of aliphatic carboxylic acids is 2. The summed E-state index contributed by atoms with van der Waals surface area (Å²) in [6.45, 7) is 3.17. The molecule has 0 aliphatic carbocycles. The monoisotopic (exact) mass is 713 g/mol. The van der Waals surface area contributed by atoms with Gasteiger partial charge in [-0.3, -0.25) is 19.9 Å². The smallest absolute Gasteiger partial charge is 0.352 e. The van der Waals surface area contributed by atoms with Gasteiger partial charge in [0.1, 0.15) is 40.7 Å². The van der Waals surface area contributed by atoms with Crippen molar-refractivity contribution in [2.45, 2.75) is 44.3 Å². The van der Waals surface area contributed by atoms with Gasteiger partial charge >= 0.3 is 17.6 Å². The lowest BCUT2D eigenvalue weighted by Crippen LogP contribution is -2.62. The van der Waals surface area contributed by atoms with Crippen molar-refractivity contribution in [1.82, 2.24) is 24.1 Å². The fourth-order valence-corrected chi connectivity index (χ4v) is 7.97. The number of Topliss-reactive ketones (excluding diaryl/α,β-unsaturated/α-hetero) is 1. The fraction of sp³-hybridized carbons (Fsp3) is 0.321. The fourth-order valence-electron chi connectivity index (χ4n) is 5.22. The number of oxime groups is 1. The zero-order valence-corrected chi connectivity index (χ0v) is 27.8. The predicted octanol–water partition coefficient (Wildman–Crippen LogP) is 0.969. The van der Waals surface area contributed by atoms with Gasteiger partial charge in [-0.25, -0.2) is 28.8 Å². The van der Waals surface area contributed by atoms with Crippen LogP contribution in [0.4, 0.5) is 5.13 Å². The van der Waals surface area contributed by atoms with E-state index < -0.39 is 40.5 Å². The van der Waals surface area contributed by atoms with E-state index in [0.29, 0.717) is 23.6 Å². The number of β-lactam (4-membered cyclic amide) rings is 1. The van der Waals surface area contributed by atoms with Crippen LogP contribution in [-0.4, -0.2) is 86.2 Å². The van der Waals surface area contributed by atoms with E-state index in [4.69, 9.17) is 21.7 Å². The number of nitrogens with two attached hydrogens (primary N) is 2. The molecule has 0 spiro atoms. The summed E-state index contributed by atoms with van der Waals surface area (Å²) in [5, 5.41) is 34.5. The highest BCUT2D eigenvalue weighted by Crippen LogP contribution is 2.45. The number of aromatic nitrogens is 5. The van der Waals surface area contributed by atoms with Gasteiger partial charge < -0.3 is 26.5 Å². The minimum Gasteiger partial charge on any atom is -0.478 e. The van der Waals surface area contributed by atoms with Gasteiger partial charge in [0, 0.05) is 22.9 Å². The van der Waals surface area contributed by atoms with E-state index in [0.717, 1.165) is 22.0 Å². The first-order valence-corrected chi connectivity index (χ1v) is 17.0. The van der Waals surface area contributed by atoms with Crippen molar-refractivity contribution in [3.8, 4) is 0 Å². The second-order valence-electron chi connectivity index (χ2n) is 11.4. The molecule has 0 aromatic carbocycles. The van der Waals surface area contributed by atoms with Gasteiger partial charge in [-0.2, -0.15) is 0 Å². The number of amidine groups is 1. The number of hydrogen-bond donors (Lipinski definition) is 5. The highest BCUT2D eigenvalue weighted by atomic mass is 32.2. The number of thioether (sulfide) groups is 1. The molecule has 17 nitrogen and oxygen atoms in total. The van der Waals surface area contributed by atoms with Crippen molar-refractivity contribution >= 4 is 80.4 Å². The molecule has 1 saturated heterocycles. The summed E-state index contributed by atoms with van der Waals surface area (Å²) in [4.78, 5) is 65.8. The first kappa shape index (κ1) is 32.8. The van der Waals surface area contributed by atoms with Crippen LogP contribution in [0.2, 0.25) is 0 Å². The van der Waals surface area contributed by atoms with E-state index in [2.05, 4.69) is 15.1 Å². The van der Waals surface area contributed by atoms with Crippen molar-refractivity contribution in [2.24, 2.45) is 16.8 Å². The largest absolute Gasteiger partial charge is 0.478 e. The number of fused-ring (bicyclic) bond motifs is 2. The van der Waals surface area contributed by atoms with E-state index in [9.17, 15) is 29.4 Å². The van der Waals surface area contributed by atoms with Crippen LogP contribution in [0.15, 0.2) is 51.8 Å². The number of imidazole rings is 1. The van der Waals surface area contributed by atoms with E-state index in [-0.39, 0.29) is 41.0 Å². The molecule has 0 saturated carbocycles. The molecule has 1 amide bonds. The maximum Gasteiger partial charge on any atom is 0.352 e. The third-order valence-electron chi connectivity index (χ3n) is 7.75. The molecule has 48 heavy (non-hydrogen) atoms. The molecule has 2 aliphatic heterocycles. The summed E-state index contributed by atoms with van der Waals surface area (Å²) in [5.74, 6) is -4.36. The summed E-state index contributed by atoms with van der Waals surface area (Å²) in [6, 6.07) is 1.88. The first-order valence-electron chi connectivity index (χ1n) is 14.2. The van der Waals surface area contributed by atoms with Gasteiger partial charge in [-0.05, 0) is 19.4 Å². The van der Waals surface area contributed by atoms with Crippen LogP contribution < -0.4 is 16.0 Å². The number of carbonyl (C=O) groups is 4. The highest BCUT2D eigenvalue weighted by molar-refractivity contribution is 8.00. The maximum atomic E-state index is 13.5. The topological polar surface area (TPSA) is 248 Å². The number of ketones is 1. The number of anilines is 1. The highest BCUT2D eigenvalue weighted by Gasteiger charge is 2.54. The Morgan fingerprint density at radius 1 is 1.19 bits per heavy atom. The number of carbonyl (C=O) groups excluding carboxylic acids is 2. The Labute approximate surface area is 283 Å². The molecule has 250 valence electrons. The van der Waals surface area contributed by atoms with E-state index in [1.165, 1.54) is 47.2 Å². The molecule has 6 heterocycles. The molecular weight excluding hydrogens is 685 g/mol. The molecule has 2 atom stereocenters. The van der Waals surface area contributed by atoms with Crippen LogP contribution in [0.25, 0.3) is 5.65 Å². The number of carboxylic acid groups (broad SMARTS) is 2. The number of thiazole rings is 2. The number of nitrogen functional groups attached to an aromatic ring is 2. The normalized spacial score (nSPS) is 18.2. The standard InChI is InChI=1S/C28H28N10O7S3/c1-28(2,26(43)44)45-34-20(15-11-48-27(31)33-15)17(39)7-14-23(40)38-21(25(41)42)13(10-47-24(14)38)8-36-4-3-19-35(5-6-37(19)36)9-18-32-16(12-46-18)22(29)30/h3-6,11-12,14,24H,7-10H2,1-2H3,(H6-,29,30,31,33,41,42,43,44)/p+1/b34-20-/t14-,24-/m1/s1. The summed E-state index contributed by atoms with van der Waals surface area (Å²) >= 11 is 3.80. The van der Waals surface area contributed by atoms with Crippen molar-refractivity contribution in [3.63, 3.8) is 0 Å². The van der Waals surface area contributed by atoms with Gasteiger partial charge in [-0.1, -0.05) is 5.16 Å². The summed E-state index contributed by atoms with van der Waals surface area (Å²) in [6.07, 6.45) is 5.19. The lowest BCUT2D eigenvalue weighted by Gasteiger charge is -2.49. The van der Waals surface area contributed by atoms with Gasteiger partial charge in [0.25, 0.3) is 0 Å². The third kappa shape index (κ3) is 6.04. The number of amides is 1. The molecule has 4 aromatic heterocycles. The Balaban J connectivity index is 1.20. The Hall–Kier alpha value is -5.08. The van der Waals surface area contributed by atoms with E-state index in [1.807, 2.05) is 38.4 Å². The molecule has 7 N–H and O–H groups in total. The van der Waals surface area contributed by atoms with Crippen LogP contribution in [-0.2, 0) is 37.1 Å². The lowest BCUT2D eigenvalue weighted by molar-refractivity contribution is -0.661. The van der Waals surface area contributed by atoms with Crippen LogP contribution >= 0.6 is 34.4 Å². The lowest BCUT2D eigenvalue weighted by atomic mass is 9.89.